The van der Waals surface area contributed by atoms with Gasteiger partial charge in [0, 0.05) is 6.54 Å². The lowest BCUT2D eigenvalue weighted by Crippen LogP contribution is -2.56. The zero-order chi connectivity index (χ0) is 12.0. The van der Waals surface area contributed by atoms with Crippen LogP contribution in [0.25, 0.3) is 0 Å². The molecule has 1 rings (SSSR count). The van der Waals surface area contributed by atoms with E-state index < -0.39 is 5.54 Å². The maximum Gasteiger partial charge on any atom is 0.240 e. The van der Waals surface area contributed by atoms with E-state index in [1.807, 2.05) is 0 Å². The highest BCUT2D eigenvalue weighted by Crippen LogP contribution is 2.30. The van der Waals surface area contributed by atoms with Gasteiger partial charge in [0.25, 0.3) is 0 Å². The predicted octanol–water partition coefficient (Wildman–Crippen LogP) is 2.20. The van der Waals surface area contributed by atoms with Gasteiger partial charge in [-0.1, -0.05) is 39.5 Å². The van der Waals surface area contributed by atoms with Crippen molar-refractivity contribution in [1.29, 1.82) is 0 Å². The second kappa shape index (κ2) is 6.24. The summed E-state index contributed by atoms with van der Waals surface area (Å²) in [6.45, 7) is 5.13. The molecule has 0 aliphatic heterocycles. The van der Waals surface area contributed by atoms with Crippen LogP contribution in [0.4, 0.5) is 0 Å². The number of nitrogens with two attached hydrogens (primary N) is 1. The molecular weight excluding hydrogens is 200 g/mol. The molecule has 1 amide bonds. The monoisotopic (exact) mass is 226 g/mol. The summed E-state index contributed by atoms with van der Waals surface area (Å²) in [5, 5.41) is 2.98. The molecule has 1 saturated carbocycles. The minimum Gasteiger partial charge on any atom is -0.355 e. The first-order valence-electron chi connectivity index (χ1n) is 6.65. The summed E-state index contributed by atoms with van der Waals surface area (Å²) in [4.78, 5) is 12.0. The summed E-state index contributed by atoms with van der Waals surface area (Å²) in [6, 6.07) is 0. The second-order valence-electron chi connectivity index (χ2n) is 5.32. The Morgan fingerprint density at radius 1 is 1.50 bits per heavy atom. The zero-order valence-corrected chi connectivity index (χ0v) is 10.7. The van der Waals surface area contributed by atoms with Crippen LogP contribution >= 0.6 is 0 Å². The van der Waals surface area contributed by atoms with Crippen molar-refractivity contribution in [2.24, 2.45) is 11.7 Å². The molecule has 0 heterocycles. The summed E-state index contributed by atoms with van der Waals surface area (Å²) < 4.78 is 0. The molecule has 94 valence electrons. The smallest absolute Gasteiger partial charge is 0.240 e. The fourth-order valence-corrected chi connectivity index (χ4v) is 2.55. The molecule has 0 aromatic carbocycles. The Morgan fingerprint density at radius 3 is 2.88 bits per heavy atom. The number of rotatable bonds is 5. The lowest BCUT2D eigenvalue weighted by molar-refractivity contribution is -0.128. The summed E-state index contributed by atoms with van der Waals surface area (Å²) in [6.07, 6.45) is 7.40. The molecule has 3 heteroatoms. The number of unbranched alkanes of at least 4 members (excludes halogenated alkanes) is 2. The minimum atomic E-state index is -0.593. The van der Waals surface area contributed by atoms with Crippen LogP contribution in [0.3, 0.4) is 0 Å². The fraction of sp³-hybridized carbons (Fsp3) is 0.923. The Kier molecular flexibility index (Phi) is 5.26. The first-order valence-corrected chi connectivity index (χ1v) is 6.65. The van der Waals surface area contributed by atoms with Crippen LogP contribution in [-0.4, -0.2) is 18.0 Å². The summed E-state index contributed by atoms with van der Waals surface area (Å²) >= 11 is 0. The molecule has 1 aliphatic rings. The van der Waals surface area contributed by atoms with E-state index in [4.69, 9.17) is 5.73 Å². The van der Waals surface area contributed by atoms with Crippen molar-refractivity contribution < 1.29 is 4.79 Å². The largest absolute Gasteiger partial charge is 0.355 e. The van der Waals surface area contributed by atoms with E-state index in [9.17, 15) is 4.79 Å². The van der Waals surface area contributed by atoms with Gasteiger partial charge < -0.3 is 11.1 Å². The van der Waals surface area contributed by atoms with E-state index in [1.165, 1.54) is 19.3 Å². The highest BCUT2D eigenvalue weighted by molar-refractivity contribution is 5.86. The van der Waals surface area contributed by atoms with Crippen LogP contribution in [0.15, 0.2) is 0 Å². The number of carbonyl (C=O) groups is 1. The third-order valence-corrected chi connectivity index (χ3v) is 3.55. The summed E-state index contributed by atoms with van der Waals surface area (Å²) in [5.41, 5.74) is 5.60. The van der Waals surface area contributed by atoms with Crippen LogP contribution in [-0.2, 0) is 4.79 Å². The van der Waals surface area contributed by atoms with Crippen LogP contribution in [0.5, 0.6) is 0 Å². The Bertz CT molecular complexity index is 230. The Balaban J connectivity index is 2.33. The van der Waals surface area contributed by atoms with Gasteiger partial charge in [-0.15, -0.1) is 0 Å². The SMILES string of the molecule is CCCCCNC(=O)C1(N)CCCC(C)C1. The number of carbonyl (C=O) groups excluding carboxylic acids is 1. The molecule has 16 heavy (non-hydrogen) atoms. The second-order valence-corrected chi connectivity index (χ2v) is 5.32. The number of amides is 1. The van der Waals surface area contributed by atoms with Gasteiger partial charge in [0.1, 0.15) is 0 Å². The Labute approximate surface area is 99.2 Å². The molecule has 0 saturated heterocycles. The van der Waals surface area contributed by atoms with E-state index in [2.05, 4.69) is 19.2 Å². The molecule has 0 bridgehead atoms. The molecule has 1 aliphatic carbocycles. The Hall–Kier alpha value is -0.570. The van der Waals surface area contributed by atoms with Gasteiger partial charge >= 0.3 is 0 Å². The van der Waals surface area contributed by atoms with Crippen molar-refractivity contribution in [2.45, 2.75) is 64.3 Å². The van der Waals surface area contributed by atoms with E-state index in [1.54, 1.807) is 0 Å². The van der Waals surface area contributed by atoms with Crippen LogP contribution in [0, 0.1) is 5.92 Å². The molecule has 0 aromatic rings. The van der Waals surface area contributed by atoms with Crippen LogP contribution in [0.2, 0.25) is 0 Å². The van der Waals surface area contributed by atoms with Crippen LogP contribution < -0.4 is 11.1 Å². The van der Waals surface area contributed by atoms with E-state index in [-0.39, 0.29) is 5.91 Å². The molecule has 0 radical (unpaired) electrons. The average Bonchev–Trinajstić information content (AvgIpc) is 2.23. The molecule has 3 N–H and O–H groups in total. The van der Waals surface area contributed by atoms with Crippen molar-refractivity contribution >= 4 is 5.91 Å². The first kappa shape index (κ1) is 13.5. The predicted molar refractivity (Wildman–Crippen MR) is 67.1 cm³/mol. The lowest BCUT2D eigenvalue weighted by atomic mass is 9.76. The summed E-state index contributed by atoms with van der Waals surface area (Å²) in [7, 11) is 0. The number of hydrogen-bond donors (Lipinski definition) is 2. The third kappa shape index (κ3) is 3.78. The highest BCUT2D eigenvalue weighted by Gasteiger charge is 2.37. The third-order valence-electron chi connectivity index (χ3n) is 3.55. The number of hydrogen-bond acceptors (Lipinski definition) is 2. The van der Waals surface area contributed by atoms with Gasteiger partial charge in [0.15, 0.2) is 0 Å². The van der Waals surface area contributed by atoms with Crippen molar-refractivity contribution in [1.82, 2.24) is 5.32 Å². The fourth-order valence-electron chi connectivity index (χ4n) is 2.55. The average molecular weight is 226 g/mol. The molecular formula is C13H26N2O. The van der Waals surface area contributed by atoms with Gasteiger partial charge in [-0.25, -0.2) is 0 Å². The topological polar surface area (TPSA) is 55.1 Å². The first-order chi connectivity index (χ1) is 7.58. The van der Waals surface area contributed by atoms with E-state index in [0.29, 0.717) is 5.92 Å². The normalized spacial score (nSPS) is 30.1. The molecule has 0 aromatic heterocycles. The Morgan fingerprint density at radius 2 is 2.25 bits per heavy atom. The van der Waals surface area contributed by atoms with Crippen molar-refractivity contribution in [3.05, 3.63) is 0 Å². The zero-order valence-electron chi connectivity index (χ0n) is 10.7. The molecule has 2 unspecified atom stereocenters. The van der Waals surface area contributed by atoms with Gasteiger partial charge in [-0.2, -0.15) is 0 Å². The molecule has 2 atom stereocenters. The minimum absolute atomic E-state index is 0.0650. The van der Waals surface area contributed by atoms with Crippen molar-refractivity contribution in [3.63, 3.8) is 0 Å². The maximum absolute atomic E-state index is 12.0. The standard InChI is InChI=1S/C13H26N2O/c1-3-4-5-9-15-12(16)13(14)8-6-7-11(2)10-13/h11H,3-10,14H2,1-2H3,(H,15,16). The highest BCUT2D eigenvalue weighted by atomic mass is 16.2. The van der Waals surface area contributed by atoms with Gasteiger partial charge in [0.2, 0.25) is 5.91 Å². The van der Waals surface area contributed by atoms with Crippen LogP contribution in [0.1, 0.15) is 58.8 Å². The van der Waals surface area contributed by atoms with Crippen molar-refractivity contribution in [3.8, 4) is 0 Å². The lowest BCUT2D eigenvalue weighted by Gasteiger charge is -2.35. The number of nitrogens with one attached hydrogen (secondary N) is 1. The summed E-state index contributed by atoms with van der Waals surface area (Å²) in [5.74, 6) is 0.648. The van der Waals surface area contributed by atoms with Crippen molar-refractivity contribution in [2.75, 3.05) is 6.54 Å². The van der Waals surface area contributed by atoms with E-state index >= 15 is 0 Å². The molecule has 1 fully saturated rings. The van der Waals surface area contributed by atoms with Gasteiger partial charge in [-0.3, -0.25) is 4.79 Å². The van der Waals surface area contributed by atoms with E-state index in [0.717, 1.165) is 32.2 Å². The molecule has 0 spiro atoms. The molecule has 3 nitrogen and oxygen atoms in total. The van der Waals surface area contributed by atoms with Gasteiger partial charge in [0.05, 0.1) is 5.54 Å². The van der Waals surface area contributed by atoms with Gasteiger partial charge in [-0.05, 0) is 25.2 Å². The quantitative estimate of drug-likeness (QED) is 0.706. The maximum atomic E-state index is 12.0.